The molecule has 0 spiro atoms. The summed E-state index contributed by atoms with van der Waals surface area (Å²) < 4.78 is 0. The van der Waals surface area contributed by atoms with Crippen molar-refractivity contribution in [2.24, 2.45) is 5.16 Å². The van der Waals surface area contributed by atoms with Gasteiger partial charge in [0.05, 0.1) is 5.71 Å². The molecule has 68 valence electrons. The number of rotatable bonds is 2. The highest BCUT2D eigenvalue weighted by molar-refractivity contribution is 6.01. The molecule has 0 heterocycles. The van der Waals surface area contributed by atoms with E-state index in [0.29, 0.717) is 5.71 Å². The Hall–Kier alpha value is -1.57. The lowest BCUT2D eigenvalue weighted by molar-refractivity contribution is 0.319. The zero-order valence-corrected chi connectivity index (χ0v) is 7.86. The molecule has 0 aliphatic carbocycles. The molecular weight excluding hydrogens is 162 g/mol. The van der Waals surface area contributed by atoms with Crippen LogP contribution in [0.4, 0.5) is 0 Å². The largest absolute Gasteiger partial charge is 0.411 e. The molecule has 1 aromatic carbocycles. The third-order valence-electron chi connectivity index (χ3n) is 1.90. The Morgan fingerprint density at radius 2 is 1.85 bits per heavy atom. The van der Waals surface area contributed by atoms with Gasteiger partial charge in [-0.1, -0.05) is 41.6 Å². The second kappa shape index (κ2) is 4.45. The van der Waals surface area contributed by atoms with Crippen LogP contribution >= 0.6 is 0 Å². The molecule has 2 nitrogen and oxygen atoms in total. The Bertz CT molecular complexity index is 325. The Kier molecular flexibility index (Phi) is 3.26. The number of allylic oxidation sites excluding steroid dienone is 1. The van der Waals surface area contributed by atoms with Crippen molar-refractivity contribution < 1.29 is 5.21 Å². The van der Waals surface area contributed by atoms with Crippen molar-refractivity contribution in [2.75, 3.05) is 0 Å². The summed E-state index contributed by atoms with van der Waals surface area (Å²) in [5, 5.41) is 11.7. The quantitative estimate of drug-likeness (QED) is 0.418. The molecule has 0 bridgehead atoms. The van der Waals surface area contributed by atoms with Gasteiger partial charge in [-0.25, -0.2) is 0 Å². The SMILES string of the molecule is CC(=Cc1ccccc1)/C(C)=N\O. The van der Waals surface area contributed by atoms with Crippen molar-refractivity contribution in [3.8, 4) is 0 Å². The second-order valence-corrected chi connectivity index (χ2v) is 2.92. The topological polar surface area (TPSA) is 32.6 Å². The summed E-state index contributed by atoms with van der Waals surface area (Å²) in [7, 11) is 0. The average molecular weight is 175 g/mol. The van der Waals surface area contributed by atoms with Gasteiger partial charge in [-0.05, 0) is 25.0 Å². The predicted octanol–water partition coefficient (Wildman–Crippen LogP) is 2.94. The summed E-state index contributed by atoms with van der Waals surface area (Å²) in [4.78, 5) is 0. The van der Waals surface area contributed by atoms with Gasteiger partial charge in [0.2, 0.25) is 0 Å². The van der Waals surface area contributed by atoms with Gasteiger partial charge in [-0.3, -0.25) is 0 Å². The minimum atomic E-state index is 0.642. The van der Waals surface area contributed by atoms with Gasteiger partial charge in [0.15, 0.2) is 0 Å². The van der Waals surface area contributed by atoms with Crippen LogP contribution in [0.5, 0.6) is 0 Å². The van der Waals surface area contributed by atoms with Gasteiger partial charge in [0.1, 0.15) is 0 Å². The first kappa shape index (κ1) is 9.52. The maximum atomic E-state index is 8.53. The summed E-state index contributed by atoms with van der Waals surface area (Å²) in [5.74, 6) is 0. The van der Waals surface area contributed by atoms with Crippen LogP contribution in [0, 0.1) is 0 Å². The summed E-state index contributed by atoms with van der Waals surface area (Å²) >= 11 is 0. The van der Waals surface area contributed by atoms with Crippen LogP contribution in [-0.4, -0.2) is 10.9 Å². The monoisotopic (exact) mass is 175 g/mol. The Labute approximate surface area is 78.2 Å². The number of hydrogen-bond acceptors (Lipinski definition) is 2. The maximum Gasteiger partial charge on any atom is 0.0794 e. The summed E-state index contributed by atoms with van der Waals surface area (Å²) in [6.45, 7) is 3.69. The summed E-state index contributed by atoms with van der Waals surface area (Å²) in [6.07, 6.45) is 1.98. The molecule has 0 radical (unpaired) electrons. The second-order valence-electron chi connectivity index (χ2n) is 2.92. The zero-order chi connectivity index (χ0) is 9.68. The Morgan fingerprint density at radius 1 is 1.23 bits per heavy atom. The number of nitrogens with zero attached hydrogens (tertiary/aromatic N) is 1. The molecule has 0 saturated heterocycles. The smallest absolute Gasteiger partial charge is 0.0794 e. The fraction of sp³-hybridized carbons (Fsp3) is 0.182. The number of hydrogen-bond donors (Lipinski definition) is 1. The van der Waals surface area contributed by atoms with Crippen LogP contribution in [0.3, 0.4) is 0 Å². The van der Waals surface area contributed by atoms with E-state index in [2.05, 4.69) is 5.16 Å². The molecule has 1 rings (SSSR count). The summed E-state index contributed by atoms with van der Waals surface area (Å²) in [5.41, 5.74) is 2.72. The van der Waals surface area contributed by atoms with Crippen molar-refractivity contribution in [2.45, 2.75) is 13.8 Å². The highest BCUT2D eigenvalue weighted by atomic mass is 16.4. The first-order chi connectivity index (χ1) is 6.24. The van der Waals surface area contributed by atoms with E-state index in [1.54, 1.807) is 6.92 Å². The van der Waals surface area contributed by atoms with Crippen LogP contribution in [0.25, 0.3) is 6.08 Å². The summed E-state index contributed by atoms with van der Waals surface area (Å²) in [6, 6.07) is 9.94. The van der Waals surface area contributed by atoms with Gasteiger partial charge in [-0.15, -0.1) is 0 Å². The standard InChI is InChI=1S/C11H13NO/c1-9(10(2)12-13)8-11-6-4-3-5-7-11/h3-8,13H,1-2H3/b9-8?,12-10-. The van der Waals surface area contributed by atoms with Crippen molar-refractivity contribution in [3.05, 3.63) is 41.5 Å². The zero-order valence-electron chi connectivity index (χ0n) is 7.86. The fourth-order valence-electron chi connectivity index (χ4n) is 0.983. The van der Waals surface area contributed by atoms with Gasteiger partial charge in [-0.2, -0.15) is 0 Å². The molecule has 1 N–H and O–H groups in total. The van der Waals surface area contributed by atoms with Crippen molar-refractivity contribution in [1.29, 1.82) is 0 Å². The molecule has 13 heavy (non-hydrogen) atoms. The van der Waals surface area contributed by atoms with Gasteiger partial charge in [0, 0.05) is 0 Å². The van der Waals surface area contributed by atoms with E-state index in [0.717, 1.165) is 11.1 Å². The molecule has 2 heteroatoms. The lowest BCUT2D eigenvalue weighted by atomic mass is 10.1. The molecule has 0 aliphatic heterocycles. The van der Waals surface area contributed by atoms with E-state index in [1.807, 2.05) is 43.3 Å². The Balaban J connectivity index is 2.89. The van der Waals surface area contributed by atoms with E-state index < -0.39 is 0 Å². The third-order valence-corrected chi connectivity index (χ3v) is 1.90. The van der Waals surface area contributed by atoms with Crippen molar-refractivity contribution >= 4 is 11.8 Å². The molecule has 0 aromatic heterocycles. The lowest BCUT2D eigenvalue weighted by Crippen LogP contribution is -1.92. The van der Waals surface area contributed by atoms with Crippen LogP contribution < -0.4 is 0 Å². The van der Waals surface area contributed by atoms with E-state index in [1.165, 1.54) is 0 Å². The fourth-order valence-corrected chi connectivity index (χ4v) is 0.983. The molecule has 0 atom stereocenters. The normalized spacial score (nSPS) is 13.1. The van der Waals surface area contributed by atoms with Crippen LogP contribution in [0.2, 0.25) is 0 Å². The van der Waals surface area contributed by atoms with Gasteiger partial charge >= 0.3 is 0 Å². The molecule has 0 unspecified atom stereocenters. The maximum absolute atomic E-state index is 8.53. The first-order valence-electron chi connectivity index (χ1n) is 4.16. The minimum Gasteiger partial charge on any atom is -0.411 e. The molecule has 1 aromatic rings. The van der Waals surface area contributed by atoms with E-state index in [-0.39, 0.29) is 0 Å². The van der Waals surface area contributed by atoms with E-state index in [4.69, 9.17) is 5.21 Å². The Morgan fingerprint density at radius 3 is 2.38 bits per heavy atom. The van der Waals surface area contributed by atoms with Gasteiger partial charge in [0.25, 0.3) is 0 Å². The number of benzene rings is 1. The van der Waals surface area contributed by atoms with Crippen molar-refractivity contribution in [1.82, 2.24) is 0 Å². The minimum absolute atomic E-state index is 0.642. The average Bonchev–Trinajstić information content (AvgIpc) is 2.18. The van der Waals surface area contributed by atoms with Gasteiger partial charge < -0.3 is 5.21 Å². The van der Waals surface area contributed by atoms with Crippen LogP contribution in [0.1, 0.15) is 19.4 Å². The first-order valence-corrected chi connectivity index (χ1v) is 4.16. The highest BCUT2D eigenvalue weighted by Gasteiger charge is 1.94. The molecular formula is C11H13NO. The molecule has 0 fully saturated rings. The van der Waals surface area contributed by atoms with Crippen molar-refractivity contribution in [3.63, 3.8) is 0 Å². The third kappa shape index (κ3) is 2.75. The van der Waals surface area contributed by atoms with E-state index in [9.17, 15) is 0 Å². The molecule has 0 saturated carbocycles. The van der Waals surface area contributed by atoms with E-state index >= 15 is 0 Å². The molecule has 0 aliphatic rings. The number of oxime groups is 1. The molecule has 0 amide bonds. The predicted molar refractivity (Wildman–Crippen MR) is 55.0 cm³/mol. The van der Waals surface area contributed by atoms with Crippen LogP contribution in [-0.2, 0) is 0 Å². The lowest BCUT2D eigenvalue weighted by Gasteiger charge is -1.97. The van der Waals surface area contributed by atoms with Crippen LogP contribution in [0.15, 0.2) is 41.1 Å². The highest BCUT2D eigenvalue weighted by Crippen LogP contribution is 2.06.